The highest BCUT2D eigenvalue weighted by atomic mass is 35.5. The summed E-state index contributed by atoms with van der Waals surface area (Å²) in [5.41, 5.74) is 7.95. The first-order valence-electron chi connectivity index (χ1n) is 13.0. The number of pyridine rings is 3. The Morgan fingerprint density at radius 2 is 1.82 bits per heavy atom. The molecule has 39 heavy (non-hydrogen) atoms. The van der Waals surface area contributed by atoms with E-state index in [1.165, 1.54) is 10.6 Å². The number of anilines is 2. The number of piperazine rings is 1. The molecule has 0 spiro atoms. The molecule has 0 bridgehead atoms. The Kier molecular flexibility index (Phi) is 7.55. The average molecular weight is 559 g/mol. The predicted octanol–water partition coefficient (Wildman–Crippen LogP) is 5.42. The van der Waals surface area contributed by atoms with Crippen LogP contribution in [0.1, 0.15) is 65.6 Å². The van der Waals surface area contributed by atoms with Crippen LogP contribution in [0.3, 0.4) is 0 Å². The largest absolute Gasteiger partial charge is 0.444 e. The summed E-state index contributed by atoms with van der Waals surface area (Å²) in [6.45, 7) is 15.8. The van der Waals surface area contributed by atoms with Crippen LogP contribution in [-0.4, -0.2) is 56.3 Å². The van der Waals surface area contributed by atoms with E-state index in [9.17, 15) is 14.0 Å². The number of carbonyl (C=O) groups is 1. The molecule has 2 N–H and O–H groups in total. The van der Waals surface area contributed by atoms with E-state index in [0.717, 1.165) is 5.56 Å². The van der Waals surface area contributed by atoms with E-state index in [1.54, 1.807) is 17.2 Å². The van der Waals surface area contributed by atoms with Gasteiger partial charge in [-0.1, -0.05) is 25.4 Å². The molecule has 2 atom stereocenters. The third kappa shape index (κ3) is 5.26. The molecule has 11 heteroatoms. The molecule has 0 aromatic carbocycles. The minimum atomic E-state index is -0.726. The molecule has 0 saturated carbocycles. The summed E-state index contributed by atoms with van der Waals surface area (Å²) in [6.07, 6.45) is 1.27. The molecule has 1 fully saturated rings. The number of fused-ring (bicyclic) bond motifs is 1. The zero-order valence-corrected chi connectivity index (χ0v) is 24.4. The number of aryl methyl sites for hydroxylation is 1. The van der Waals surface area contributed by atoms with E-state index in [1.807, 2.05) is 60.3 Å². The van der Waals surface area contributed by atoms with E-state index in [-0.39, 0.29) is 34.5 Å². The highest BCUT2D eigenvalue weighted by Gasteiger charge is 2.37. The van der Waals surface area contributed by atoms with Gasteiger partial charge in [0, 0.05) is 24.7 Å². The van der Waals surface area contributed by atoms with E-state index in [4.69, 9.17) is 22.1 Å². The van der Waals surface area contributed by atoms with Gasteiger partial charge in [-0.15, -0.1) is 0 Å². The monoisotopic (exact) mass is 558 g/mol. The van der Waals surface area contributed by atoms with Crippen molar-refractivity contribution < 1.29 is 13.9 Å². The maximum absolute atomic E-state index is 14.9. The number of halogens is 2. The highest BCUT2D eigenvalue weighted by molar-refractivity contribution is 6.30. The van der Waals surface area contributed by atoms with E-state index in [2.05, 4.69) is 9.97 Å². The van der Waals surface area contributed by atoms with Crippen molar-refractivity contribution in [2.24, 2.45) is 0 Å². The normalized spacial score (nSPS) is 18.2. The Hall–Kier alpha value is -3.40. The topological polar surface area (TPSA) is 107 Å². The number of aromatic nitrogens is 3. The minimum Gasteiger partial charge on any atom is -0.444 e. The van der Waals surface area contributed by atoms with Crippen LogP contribution >= 0.6 is 11.6 Å². The molecule has 4 rings (SSSR count). The Bertz CT molecular complexity index is 1490. The van der Waals surface area contributed by atoms with Crippen LogP contribution in [0.2, 0.25) is 5.15 Å². The Morgan fingerprint density at radius 1 is 1.21 bits per heavy atom. The summed E-state index contributed by atoms with van der Waals surface area (Å²) >= 11 is 6.15. The summed E-state index contributed by atoms with van der Waals surface area (Å²) < 4.78 is 21.9. The predicted molar refractivity (Wildman–Crippen MR) is 153 cm³/mol. The lowest BCUT2D eigenvalue weighted by Gasteiger charge is -2.45. The van der Waals surface area contributed by atoms with Crippen molar-refractivity contribution >= 4 is 40.1 Å². The van der Waals surface area contributed by atoms with Gasteiger partial charge in [-0.3, -0.25) is 19.2 Å². The first kappa shape index (κ1) is 28.6. The molecule has 1 unspecified atom stereocenters. The van der Waals surface area contributed by atoms with Crippen LogP contribution in [0.25, 0.3) is 16.7 Å². The third-order valence-electron chi connectivity index (χ3n) is 6.83. The summed E-state index contributed by atoms with van der Waals surface area (Å²) in [7, 11) is 0. The lowest BCUT2D eigenvalue weighted by atomic mass is 10.0. The summed E-state index contributed by atoms with van der Waals surface area (Å²) in [6, 6.07) is 2.51. The van der Waals surface area contributed by atoms with Crippen molar-refractivity contribution in [3.8, 4) is 5.69 Å². The van der Waals surface area contributed by atoms with Crippen molar-refractivity contribution in [1.82, 2.24) is 19.4 Å². The number of rotatable bonds is 3. The first-order valence-corrected chi connectivity index (χ1v) is 13.4. The number of nitrogens with two attached hydrogens (primary N) is 1. The smallest absolute Gasteiger partial charge is 0.410 e. The second-order valence-electron chi connectivity index (χ2n) is 11.5. The number of nitrogens with zero attached hydrogens (tertiary/aromatic N) is 5. The summed E-state index contributed by atoms with van der Waals surface area (Å²) in [5, 5.41) is -0.00688. The van der Waals surface area contributed by atoms with Gasteiger partial charge in [-0.25, -0.2) is 14.2 Å². The van der Waals surface area contributed by atoms with Crippen LogP contribution in [0.5, 0.6) is 0 Å². The number of ether oxygens (including phenoxy) is 1. The van der Waals surface area contributed by atoms with Crippen molar-refractivity contribution in [3.63, 3.8) is 0 Å². The molecule has 1 aliphatic heterocycles. The van der Waals surface area contributed by atoms with Gasteiger partial charge in [0.1, 0.15) is 11.3 Å². The number of nitrogen functional groups attached to an aromatic ring is 1. The summed E-state index contributed by atoms with van der Waals surface area (Å²) in [4.78, 5) is 39.4. The van der Waals surface area contributed by atoms with E-state index >= 15 is 0 Å². The molecule has 210 valence electrons. The molecule has 3 aromatic heterocycles. The molecule has 0 radical (unpaired) electrons. The van der Waals surface area contributed by atoms with Crippen LogP contribution in [0.4, 0.5) is 20.6 Å². The van der Waals surface area contributed by atoms with Gasteiger partial charge < -0.3 is 15.4 Å². The summed E-state index contributed by atoms with van der Waals surface area (Å²) in [5.74, 6) is -0.739. The number of amides is 1. The van der Waals surface area contributed by atoms with Gasteiger partial charge >= 0.3 is 6.09 Å². The van der Waals surface area contributed by atoms with Gasteiger partial charge in [0.2, 0.25) is 0 Å². The second kappa shape index (κ2) is 10.3. The average Bonchev–Trinajstić information content (AvgIpc) is 2.80. The maximum Gasteiger partial charge on any atom is 0.410 e. The second-order valence-corrected chi connectivity index (χ2v) is 11.9. The van der Waals surface area contributed by atoms with E-state index < -0.39 is 23.1 Å². The number of hydrogen-bond acceptors (Lipinski definition) is 7. The fourth-order valence-electron chi connectivity index (χ4n) is 5.28. The fraction of sp³-hybridized carbons (Fsp3) is 0.500. The van der Waals surface area contributed by atoms with Gasteiger partial charge in [0.15, 0.2) is 16.6 Å². The molecule has 9 nitrogen and oxygen atoms in total. The molecule has 0 aliphatic carbocycles. The third-order valence-corrected chi connectivity index (χ3v) is 7.10. The molecular weight excluding hydrogens is 523 g/mol. The lowest BCUT2D eigenvalue weighted by molar-refractivity contribution is 0.00569. The Balaban J connectivity index is 1.92. The van der Waals surface area contributed by atoms with Crippen molar-refractivity contribution in [3.05, 3.63) is 50.9 Å². The van der Waals surface area contributed by atoms with Crippen molar-refractivity contribution in [2.75, 3.05) is 23.7 Å². The SMILES string of the molecule is Cc1ccnc(C(C)C)c1-n1c(=O)c(N)c(N2CC(C)N(C(=O)OC(C)(C)C)[C@H](C)C2)c2cc(F)c(Cl)nc21. The van der Waals surface area contributed by atoms with Crippen LogP contribution in [0.15, 0.2) is 23.1 Å². The van der Waals surface area contributed by atoms with Crippen LogP contribution in [-0.2, 0) is 4.74 Å². The quantitative estimate of drug-likeness (QED) is 0.428. The van der Waals surface area contributed by atoms with Crippen molar-refractivity contribution in [1.29, 1.82) is 0 Å². The van der Waals surface area contributed by atoms with Gasteiger partial charge in [0.05, 0.1) is 29.2 Å². The zero-order chi connectivity index (χ0) is 29.0. The lowest BCUT2D eigenvalue weighted by Crippen LogP contribution is -2.59. The molecule has 4 heterocycles. The minimum absolute atomic E-state index is 0.0127. The fourth-order valence-corrected chi connectivity index (χ4v) is 5.41. The van der Waals surface area contributed by atoms with Crippen molar-refractivity contribution in [2.45, 2.75) is 79.0 Å². The van der Waals surface area contributed by atoms with Gasteiger partial charge in [0.25, 0.3) is 5.56 Å². The molecule has 1 aliphatic rings. The molecular formula is C28H36ClFN6O3. The Morgan fingerprint density at radius 3 is 2.38 bits per heavy atom. The van der Waals surface area contributed by atoms with Gasteiger partial charge in [-0.2, -0.15) is 0 Å². The van der Waals surface area contributed by atoms with Gasteiger partial charge in [-0.05, 0) is 65.2 Å². The standard InChI is InChI=1S/C28H36ClFN6O3/c1-14(2)21-22(15(3)9-10-32-21)36-25-18(11-19(30)24(29)33-25)23(20(31)26(36)37)34-12-16(4)35(17(5)13-34)27(38)39-28(6,7)8/h9-11,14,16-17H,12-13,31H2,1-8H3/t16-,17?/m1/s1. The van der Waals surface area contributed by atoms with Crippen LogP contribution in [0, 0.1) is 12.7 Å². The number of hydrogen-bond donors (Lipinski definition) is 1. The first-order chi connectivity index (χ1) is 18.1. The zero-order valence-electron chi connectivity index (χ0n) is 23.7. The molecule has 3 aromatic rings. The molecule has 1 saturated heterocycles. The molecule has 1 amide bonds. The highest BCUT2D eigenvalue weighted by Crippen LogP contribution is 2.36. The van der Waals surface area contributed by atoms with Crippen LogP contribution < -0.4 is 16.2 Å². The van der Waals surface area contributed by atoms with E-state index in [0.29, 0.717) is 35.5 Å². The number of carbonyl (C=O) groups excluding carboxylic acids is 1. The maximum atomic E-state index is 14.9. The Labute approximate surface area is 232 Å².